The number of nitrogens with zero attached hydrogens (tertiary/aromatic N) is 1. The molecular weight excluding hydrogens is 232 g/mol. The van der Waals surface area contributed by atoms with Gasteiger partial charge in [0.05, 0.1) is 0 Å². The van der Waals surface area contributed by atoms with Crippen molar-refractivity contribution in [3.8, 4) is 0 Å². The Hall–Kier alpha value is -1.00. The number of carbonyl (C=O) groups is 1. The lowest BCUT2D eigenvalue weighted by molar-refractivity contribution is 0.0912. The number of hydrogen-bond acceptors (Lipinski definition) is 3. The molecule has 1 saturated heterocycles. The summed E-state index contributed by atoms with van der Waals surface area (Å²) in [7, 11) is 2.09. The Balaban J connectivity index is 1.97. The third kappa shape index (κ3) is 3.48. The second-order valence-corrected chi connectivity index (χ2v) is 5.14. The van der Waals surface area contributed by atoms with Crippen LogP contribution in [0, 0.1) is 0 Å². The van der Waals surface area contributed by atoms with Crippen LogP contribution in [0.4, 0.5) is 0 Å². The molecule has 1 unspecified atom stereocenters. The molecule has 1 fully saturated rings. The van der Waals surface area contributed by atoms with Gasteiger partial charge in [-0.1, -0.05) is 6.07 Å². The van der Waals surface area contributed by atoms with E-state index in [2.05, 4.69) is 29.9 Å². The molecule has 1 atom stereocenters. The maximum Gasteiger partial charge on any atom is 0.251 e. The van der Waals surface area contributed by atoms with Crippen molar-refractivity contribution >= 4 is 18.5 Å². The van der Waals surface area contributed by atoms with Crippen LogP contribution in [0.25, 0.3) is 0 Å². The van der Waals surface area contributed by atoms with Crippen LogP contribution in [0.15, 0.2) is 29.2 Å². The molecule has 1 amide bonds. The molecule has 17 heavy (non-hydrogen) atoms. The van der Waals surface area contributed by atoms with Gasteiger partial charge in [-0.2, -0.15) is 0 Å². The molecule has 0 radical (unpaired) electrons. The van der Waals surface area contributed by atoms with Gasteiger partial charge in [-0.15, -0.1) is 12.6 Å². The van der Waals surface area contributed by atoms with Gasteiger partial charge < -0.3 is 10.2 Å². The molecule has 1 aromatic carbocycles. The Morgan fingerprint density at radius 3 is 3.06 bits per heavy atom. The van der Waals surface area contributed by atoms with Gasteiger partial charge in [-0.05, 0) is 44.6 Å². The summed E-state index contributed by atoms with van der Waals surface area (Å²) in [4.78, 5) is 15.1. The molecule has 2 rings (SSSR count). The molecule has 0 aromatic heterocycles. The summed E-state index contributed by atoms with van der Waals surface area (Å²) in [6.45, 7) is 2.06. The number of likely N-dealkylation sites (N-methyl/N-ethyl adjacent to an activating group) is 1. The predicted molar refractivity (Wildman–Crippen MR) is 71.7 cm³/mol. The van der Waals surface area contributed by atoms with Crippen molar-refractivity contribution in [1.29, 1.82) is 0 Å². The smallest absolute Gasteiger partial charge is 0.251 e. The van der Waals surface area contributed by atoms with Gasteiger partial charge >= 0.3 is 0 Å². The quantitative estimate of drug-likeness (QED) is 0.785. The van der Waals surface area contributed by atoms with E-state index in [0.29, 0.717) is 5.56 Å². The van der Waals surface area contributed by atoms with Crippen molar-refractivity contribution in [3.05, 3.63) is 29.8 Å². The van der Waals surface area contributed by atoms with Crippen LogP contribution < -0.4 is 5.32 Å². The molecule has 1 heterocycles. The number of nitrogens with one attached hydrogen (secondary N) is 1. The zero-order valence-electron chi connectivity index (χ0n) is 10.0. The lowest BCUT2D eigenvalue weighted by Crippen LogP contribution is -2.46. The van der Waals surface area contributed by atoms with E-state index in [4.69, 9.17) is 0 Å². The van der Waals surface area contributed by atoms with Crippen LogP contribution in [-0.4, -0.2) is 37.0 Å². The summed E-state index contributed by atoms with van der Waals surface area (Å²) < 4.78 is 0. The average molecular weight is 250 g/mol. The fraction of sp³-hybridized carbons (Fsp3) is 0.462. The van der Waals surface area contributed by atoms with E-state index in [1.54, 1.807) is 6.07 Å². The SMILES string of the molecule is CN1CCCC(NC(=O)c2cccc(S)c2)C1. The summed E-state index contributed by atoms with van der Waals surface area (Å²) in [5.41, 5.74) is 0.686. The Morgan fingerprint density at radius 1 is 1.53 bits per heavy atom. The van der Waals surface area contributed by atoms with Crippen LogP contribution in [-0.2, 0) is 0 Å². The minimum atomic E-state index is 0.00111. The van der Waals surface area contributed by atoms with E-state index in [0.717, 1.165) is 30.8 Å². The van der Waals surface area contributed by atoms with Crippen molar-refractivity contribution < 1.29 is 4.79 Å². The molecule has 1 N–H and O–H groups in total. The third-order valence-corrected chi connectivity index (χ3v) is 3.35. The second-order valence-electron chi connectivity index (χ2n) is 4.63. The lowest BCUT2D eigenvalue weighted by atomic mass is 10.1. The van der Waals surface area contributed by atoms with Crippen LogP contribution in [0.2, 0.25) is 0 Å². The fourth-order valence-electron chi connectivity index (χ4n) is 2.20. The fourth-order valence-corrected chi connectivity index (χ4v) is 2.43. The summed E-state index contributed by atoms with van der Waals surface area (Å²) >= 11 is 4.24. The van der Waals surface area contributed by atoms with Gasteiger partial charge in [-0.3, -0.25) is 4.79 Å². The largest absolute Gasteiger partial charge is 0.348 e. The van der Waals surface area contributed by atoms with Crippen LogP contribution in [0.3, 0.4) is 0 Å². The van der Waals surface area contributed by atoms with E-state index in [1.165, 1.54) is 0 Å². The number of hydrogen-bond donors (Lipinski definition) is 2. The molecule has 1 aliphatic heterocycles. The van der Waals surface area contributed by atoms with Gasteiger partial charge in [-0.25, -0.2) is 0 Å². The van der Waals surface area contributed by atoms with Crippen molar-refractivity contribution in [3.63, 3.8) is 0 Å². The standard InChI is InChI=1S/C13H18N2OS/c1-15-7-3-5-11(9-15)14-13(16)10-4-2-6-12(17)8-10/h2,4,6,8,11,17H,3,5,7,9H2,1H3,(H,14,16). The molecular formula is C13H18N2OS. The van der Waals surface area contributed by atoms with E-state index in [-0.39, 0.29) is 11.9 Å². The number of likely N-dealkylation sites (tertiary alicyclic amines) is 1. The highest BCUT2D eigenvalue weighted by Crippen LogP contribution is 2.11. The first kappa shape index (κ1) is 12.5. The maximum absolute atomic E-state index is 12.0. The van der Waals surface area contributed by atoms with Gasteiger partial charge in [0, 0.05) is 23.0 Å². The van der Waals surface area contributed by atoms with Crippen molar-refractivity contribution in [2.24, 2.45) is 0 Å². The zero-order valence-corrected chi connectivity index (χ0v) is 10.9. The first-order valence-electron chi connectivity index (χ1n) is 5.93. The second kappa shape index (κ2) is 5.56. The Kier molecular flexibility index (Phi) is 4.07. The highest BCUT2D eigenvalue weighted by Gasteiger charge is 2.19. The van der Waals surface area contributed by atoms with Gasteiger partial charge in [0.15, 0.2) is 0 Å². The summed E-state index contributed by atoms with van der Waals surface area (Å²) in [5.74, 6) is 0.00111. The Labute approximate surface area is 108 Å². The normalized spacial score (nSPS) is 21.2. The number of rotatable bonds is 2. The van der Waals surface area contributed by atoms with Crippen LogP contribution in [0.1, 0.15) is 23.2 Å². The van der Waals surface area contributed by atoms with E-state index < -0.39 is 0 Å². The molecule has 0 saturated carbocycles. The Bertz CT molecular complexity index is 408. The van der Waals surface area contributed by atoms with E-state index in [9.17, 15) is 4.79 Å². The average Bonchev–Trinajstić information content (AvgIpc) is 2.29. The molecule has 0 spiro atoms. The van der Waals surface area contributed by atoms with Crippen LogP contribution in [0.5, 0.6) is 0 Å². The molecule has 3 nitrogen and oxygen atoms in total. The lowest BCUT2D eigenvalue weighted by Gasteiger charge is -2.30. The predicted octanol–water partition coefficient (Wildman–Crippen LogP) is 1.80. The molecule has 0 bridgehead atoms. The monoisotopic (exact) mass is 250 g/mol. The van der Waals surface area contributed by atoms with Crippen molar-refractivity contribution in [2.75, 3.05) is 20.1 Å². The summed E-state index contributed by atoms with van der Waals surface area (Å²) in [6, 6.07) is 7.61. The first-order valence-corrected chi connectivity index (χ1v) is 6.38. The van der Waals surface area contributed by atoms with Gasteiger partial charge in [0.2, 0.25) is 0 Å². The maximum atomic E-state index is 12.0. The summed E-state index contributed by atoms with van der Waals surface area (Å²) in [6.07, 6.45) is 2.21. The van der Waals surface area contributed by atoms with Gasteiger partial charge in [0.1, 0.15) is 0 Å². The van der Waals surface area contributed by atoms with Gasteiger partial charge in [0.25, 0.3) is 5.91 Å². The topological polar surface area (TPSA) is 32.3 Å². The van der Waals surface area contributed by atoms with Crippen molar-refractivity contribution in [2.45, 2.75) is 23.8 Å². The summed E-state index contributed by atoms with van der Waals surface area (Å²) in [5, 5.41) is 3.08. The molecule has 92 valence electrons. The molecule has 4 heteroatoms. The van der Waals surface area contributed by atoms with E-state index in [1.807, 2.05) is 18.2 Å². The number of piperidine rings is 1. The highest BCUT2D eigenvalue weighted by atomic mass is 32.1. The van der Waals surface area contributed by atoms with Crippen molar-refractivity contribution in [1.82, 2.24) is 10.2 Å². The molecule has 1 aromatic rings. The number of amides is 1. The number of thiol groups is 1. The molecule has 0 aliphatic carbocycles. The molecule has 1 aliphatic rings. The first-order chi connectivity index (χ1) is 8.15. The van der Waals surface area contributed by atoms with E-state index >= 15 is 0 Å². The third-order valence-electron chi connectivity index (χ3n) is 3.07. The van der Waals surface area contributed by atoms with Crippen LogP contribution >= 0.6 is 12.6 Å². The highest BCUT2D eigenvalue weighted by molar-refractivity contribution is 7.80. The zero-order chi connectivity index (χ0) is 12.3. The Morgan fingerprint density at radius 2 is 2.35 bits per heavy atom. The number of benzene rings is 1. The minimum absolute atomic E-state index is 0.00111. The number of carbonyl (C=O) groups excluding carboxylic acids is 1. The minimum Gasteiger partial charge on any atom is -0.348 e.